The molecular formula is C21H23N5O2. The molecule has 3 aromatic rings. The standard InChI is InChI=1S/C21H23N5O2/c1-13-14(2)23-19-11-15(5-10-18(19)22-13)21(28)25-17-8-6-16(7-9-17)24-20(27)12-26(3)4/h5-11H,12H2,1-4H3,(H,24,27)(H,25,28). The predicted octanol–water partition coefficient (Wildman–Crippen LogP) is 3.00. The van der Waals surface area contributed by atoms with Gasteiger partial charge in [0.25, 0.3) is 5.91 Å². The van der Waals surface area contributed by atoms with Crippen LogP contribution in [0.3, 0.4) is 0 Å². The zero-order valence-corrected chi connectivity index (χ0v) is 16.4. The Balaban J connectivity index is 1.70. The molecule has 0 fully saturated rings. The van der Waals surface area contributed by atoms with Gasteiger partial charge in [0, 0.05) is 16.9 Å². The molecule has 28 heavy (non-hydrogen) atoms. The van der Waals surface area contributed by atoms with Crippen molar-refractivity contribution in [3.63, 3.8) is 0 Å². The number of rotatable bonds is 5. The Morgan fingerprint density at radius 3 is 2.04 bits per heavy atom. The summed E-state index contributed by atoms with van der Waals surface area (Å²) >= 11 is 0. The zero-order valence-electron chi connectivity index (χ0n) is 16.4. The van der Waals surface area contributed by atoms with E-state index in [4.69, 9.17) is 0 Å². The van der Waals surface area contributed by atoms with E-state index >= 15 is 0 Å². The van der Waals surface area contributed by atoms with Gasteiger partial charge in [-0.25, -0.2) is 9.97 Å². The lowest BCUT2D eigenvalue weighted by atomic mass is 10.1. The summed E-state index contributed by atoms with van der Waals surface area (Å²) in [7, 11) is 3.66. The number of amides is 2. The van der Waals surface area contributed by atoms with Crippen LogP contribution in [0.1, 0.15) is 21.7 Å². The summed E-state index contributed by atoms with van der Waals surface area (Å²) in [4.78, 5) is 35.1. The van der Waals surface area contributed by atoms with Crippen LogP contribution in [-0.4, -0.2) is 47.3 Å². The lowest BCUT2D eigenvalue weighted by Gasteiger charge is -2.11. The van der Waals surface area contributed by atoms with Gasteiger partial charge in [0.05, 0.1) is 29.0 Å². The van der Waals surface area contributed by atoms with E-state index in [0.29, 0.717) is 29.0 Å². The Kier molecular flexibility index (Phi) is 5.65. The molecule has 0 radical (unpaired) electrons. The number of nitrogens with one attached hydrogen (secondary N) is 2. The fourth-order valence-corrected chi connectivity index (χ4v) is 2.70. The minimum atomic E-state index is -0.230. The summed E-state index contributed by atoms with van der Waals surface area (Å²) in [6.07, 6.45) is 0. The van der Waals surface area contributed by atoms with Crippen molar-refractivity contribution < 1.29 is 9.59 Å². The third-order valence-electron chi connectivity index (χ3n) is 4.22. The molecule has 0 unspecified atom stereocenters. The average molecular weight is 377 g/mol. The number of fused-ring (bicyclic) bond motifs is 1. The highest BCUT2D eigenvalue weighted by molar-refractivity contribution is 6.06. The fraction of sp³-hybridized carbons (Fsp3) is 0.238. The summed E-state index contributed by atoms with van der Waals surface area (Å²) in [6.45, 7) is 4.12. The van der Waals surface area contributed by atoms with E-state index in [9.17, 15) is 9.59 Å². The van der Waals surface area contributed by atoms with Crippen molar-refractivity contribution in [2.24, 2.45) is 0 Å². The summed E-state index contributed by atoms with van der Waals surface area (Å²) in [6, 6.07) is 12.3. The van der Waals surface area contributed by atoms with E-state index in [2.05, 4.69) is 20.6 Å². The van der Waals surface area contributed by atoms with Crippen LogP contribution in [0.25, 0.3) is 11.0 Å². The molecule has 0 aliphatic carbocycles. The van der Waals surface area contributed by atoms with Crippen molar-refractivity contribution in [3.05, 3.63) is 59.4 Å². The number of hydrogen-bond donors (Lipinski definition) is 2. The molecule has 2 N–H and O–H groups in total. The molecular weight excluding hydrogens is 354 g/mol. The van der Waals surface area contributed by atoms with Crippen LogP contribution in [0.4, 0.5) is 11.4 Å². The summed E-state index contributed by atoms with van der Waals surface area (Å²) in [5.74, 6) is -0.323. The molecule has 2 aromatic carbocycles. The van der Waals surface area contributed by atoms with Crippen LogP contribution in [0, 0.1) is 13.8 Å². The van der Waals surface area contributed by atoms with Gasteiger partial charge in [-0.05, 0) is 70.4 Å². The molecule has 0 saturated heterocycles. The van der Waals surface area contributed by atoms with Gasteiger partial charge in [-0.2, -0.15) is 0 Å². The minimum absolute atomic E-state index is 0.0930. The largest absolute Gasteiger partial charge is 0.325 e. The third-order valence-corrected chi connectivity index (χ3v) is 4.22. The van der Waals surface area contributed by atoms with Crippen molar-refractivity contribution in [1.82, 2.24) is 14.9 Å². The number of hydrogen-bond acceptors (Lipinski definition) is 5. The van der Waals surface area contributed by atoms with Gasteiger partial charge in [0.1, 0.15) is 0 Å². The molecule has 144 valence electrons. The monoisotopic (exact) mass is 377 g/mol. The lowest BCUT2D eigenvalue weighted by molar-refractivity contribution is -0.116. The van der Waals surface area contributed by atoms with Crippen molar-refractivity contribution in [1.29, 1.82) is 0 Å². The molecule has 3 rings (SSSR count). The molecule has 1 heterocycles. The van der Waals surface area contributed by atoms with Crippen molar-refractivity contribution in [2.75, 3.05) is 31.3 Å². The van der Waals surface area contributed by atoms with Gasteiger partial charge in [-0.3, -0.25) is 9.59 Å². The molecule has 0 atom stereocenters. The van der Waals surface area contributed by atoms with Crippen LogP contribution in [0.5, 0.6) is 0 Å². The molecule has 0 aliphatic rings. The van der Waals surface area contributed by atoms with E-state index in [1.165, 1.54) is 0 Å². The summed E-state index contributed by atoms with van der Waals surface area (Å²) in [5, 5.41) is 5.66. The van der Waals surface area contributed by atoms with Gasteiger partial charge < -0.3 is 15.5 Å². The quantitative estimate of drug-likeness (QED) is 0.714. The van der Waals surface area contributed by atoms with Crippen molar-refractivity contribution in [2.45, 2.75) is 13.8 Å². The molecule has 7 heteroatoms. The maximum Gasteiger partial charge on any atom is 0.255 e. The highest BCUT2D eigenvalue weighted by Crippen LogP contribution is 2.17. The number of benzene rings is 2. The predicted molar refractivity (Wildman–Crippen MR) is 111 cm³/mol. The highest BCUT2D eigenvalue weighted by atomic mass is 16.2. The van der Waals surface area contributed by atoms with Gasteiger partial charge >= 0.3 is 0 Å². The van der Waals surface area contributed by atoms with E-state index in [1.54, 1.807) is 47.4 Å². The van der Waals surface area contributed by atoms with Crippen molar-refractivity contribution in [3.8, 4) is 0 Å². The number of carbonyl (C=O) groups is 2. The number of carbonyl (C=O) groups excluding carboxylic acids is 2. The first-order valence-electron chi connectivity index (χ1n) is 8.93. The maximum atomic E-state index is 12.6. The first-order chi connectivity index (χ1) is 13.3. The first-order valence-corrected chi connectivity index (χ1v) is 8.93. The number of nitrogens with zero attached hydrogens (tertiary/aromatic N) is 3. The second-order valence-electron chi connectivity index (χ2n) is 6.92. The van der Waals surface area contributed by atoms with E-state index < -0.39 is 0 Å². The normalized spacial score (nSPS) is 10.9. The maximum absolute atomic E-state index is 12.6. The van der Waals surface area contributed by atoms with Gasteiger partial charge in [0.2, 0.25) is 5.91 Å². The molecule has 0 bridgehead atoms. The SMILES string of the molecule is Cc1nc2ccc(C(=O)Nc3ccc(NC(=O)CN(C)C)cc3)cc2nc1C. The smallest absolute Gasteiger partial charge is 0.255 e. The number of anilines is 2. The van der Waals surface area contributed by atoms with E-state index in [0.717, 1.165) is 16.9 Å². The van der Waals surface area contributed by atoms with Crippen LogP contribution in [-0.2, 0) is 4.79 Å². The number of aromatic nitrogens is 2. The molecule has 0 aliphatic heterocycles. The Hall–Kier alpha value is -3.32. The summed E-state index contributed by atoms with van der Waals surface area (Å²) in [5.41, 5.74) is 5.00. The Morgan fingerprint density at radius 1 is 0.857 bits per heavy atom. The lowest BCUT2D eigenvalue weighted by Crippen LogP contribution is -2.27. The molecule has 1 aromatic heterocycles. The minimum Gasteiger partial charge on any atom is -0.325 e. The molecule has 7 nitrogen and oxygen atoms in total. The first kappa shape index (κ1) is 19.4. The Bertz CT molecular complexity index is 1030. The number of aryl methyl sites for hydroxylation is 2. The Morgan fingerprint density at radius 2 is 1.43 bits per heavy atom. The molecule has 2 amide bonds. The number of likely N-dealkylation sites (N-methyl/N-ethyl adjacent to an activating group) is 1. The van der Waals surface area contributed by atoms with Crippen molar-refractivity contribution >= 4 is 34.2 Å². The van der Waals surface area contributed by atoms with Crippen LogP contribution in [0.2, 0.25) is 0 Å². The fourth-order valence-electron chi connectivity index (χ4n) is 2.70. The van der Waals surface area contributed by atoms with Crippen LogP contribution >= 0.6 is 0 Å². The Labute approximate surface area is 163 Å². The van der Waals surface area contributed by atoms with Gasteiger partial charge in [-0.1, -0.05) is 0 Å². The zero-order chi connectivity index (χ0) is 20.3. The topological polar surface area (TPSA) is 87.2 Å². The van der Waals surface area contributed by atoms with E-state index in [1.807, 2.05) is 27.9 Å². The van der Waals surface area contributed by atoms with Gasteiger partial charge in [0.15, 0.2) is 0 Å². The second kappa shape index (κ2) is 8.14. The molecule has 0 spiro atoms. The summed E-state index contributed by atoms with van der Waals surface area (Å²) < 4.78 is 0. The van der Waals surface area contributed by atoms with E-state index in [-0.39, 0.29) is 11.8 Å². The second-order valence-corrected chi connectivity index (χ2v) is 6.92. The average Bonchev–Trinajstić information content (AvgIpc) is 2.63. The highest BCUT2D eigenvalue weighted by Gasteiger charge is 2.10. The van der Waals surface area contributed by atoms with Crippen LogP contribution in [0.15, 0.2) is 42.5 Å². The van der Waals surface area contributed by atoms with Crippen LogP contribution < -0.4 is 10.6 Å². The van der Waals surface area contributed by atoms with Gasteiger partial charge in [-0.15, -0.1) is 0 Å². The third kappa shape index (κ3) is 4.69. The molecule has 0 saturated carbocycles.